The maximum absolute atomic E-state index is 12.3. The lowest BCUT2D eigenvalue weighted by molar-refractivity contribution is 0.147. The Kier molecular flexibility index (Phi) is 1.96. The molecule has 0 spiro atoms. The van der Waals surface area contributed by atoms with Crippen molar-refractivity contribution in [2.75, 3.05) is 0 Å². The summed E-state index contributed by atoms with van der Waals surface area (Å²) in [4.78, 5) is 2.58. The van der Waals surface area contributed by atoms with Gasteiger partial charge in [-0.1, -0.05) is 23.7 Å². The van der Waals surface area contributed by atoms with Crippen LogP contribution in [-0.4, -0.2) is 4.98 Å². The smallest absolute Gasteiger partial charge is 0.278 e. The van der Waals surface area contributed by atoms with E-state index < -0.39 is 6.43 Å². The van der Waals surface area contributed by atoms with Gasteiger partial charge in [-0.3, -0.25) is 0 Å². The summed E-state index contributed by atoms with van der Waals surface area (Å²) in [7, 11) is 0. The molecule has 1 aromatic carbocycles. The van der Waals surface area contributed by atoms with E-state index in [1.807, 2.05) is 0 Å². The van der Waals surface area contributed by atoms with Gasteiger partial charge in [0, 0.05) is 5.39 Å². The standard InChI is InChI=1S/C9H6ClF2N/c10-6-3-1-2-5-4-7(9(11)12)13-8(5)6/h1-4,9,13H. The Hall–Kier alpha value is -1.09. The van der Waals surface area contributed by atoms with Crippen LogP contribution in [0.15, 0.2) is 24.3 Å². The molecule has 1 N–H and O–H groups in total. The van der Waals surface area contributed by atoms with Crippen LogP contribution >= 0.6 is 11.6 Å². The first kappa shape index (κ1) is 8.51. The van der Waals surface area contributed by atoms with Crippen molar-refractivity contribution >= 4 is 22.5 Å². The number of fused-ring (bicyclic) bond motifs is 1. The van der Waals surface area contributed by atoms with E-state index in [2.05, 4.69) is 4.98 Å². The molecule has 0 atom stereocenters. The fourth-order valence-electron chi connectivity index (χ4n) is 1.26. The third kappa shape index (κ3) is 1.40. The SMILES string of the molecule is FC(F)c1cc2cccc(Cl)c2[nH]1. The topological polar surface area (TPSA) is 15.8 Å². The van der Waals surface area contributed by atoms with E-state index in [1.165, 1.54) is 6.07 Å². The molecule has 0 fully saturated rings. The Labute approximate surface area is 78.3 Å². The molecule has 0 aliphatic carbocycles. The number of rotatable bonds is 1. The molecule has 1 nitrogen and oxygen atoms in total. The highest BCUT2D eigenvalue weighted by Gasteiger charge is 2.11. The highest BCUT2D eigenvalue weighted by Crippen LogP contribution is 2.27. The third-order valence-electron chi connectivity index (χ3n) is 1.86. The zero-order valence-electron chi connectivity index (χ0n) is 6.52. The van der Waals surface area contributed by atoms with Crippen molar-refractivity contribution in [1.29, 1.82) is 0 Å². The fourth-order valence-corrected chi connectivity index (χ4v) is 1.49. The second-order valence-electron chi connectivity index (χ2n) is 2.73. The summed E-state index contributed by atoms with van der Waals surface area (Å²) in [5.41, 5.74) is 0.475. The normalized spacial score (nSPS) is 11.4. The molecule has 2 rings (SSSR count). The predicted molar refractivity (Wildman–Crippen MR) is 48.3 cm³/mol. The van der Waals surface area contributed by atoms with Gasteiger partial charge in [0.15, 0.2) is 0 Å². The Morgan fingerprint density at radius 2 is 2.08 bits per heavy atom. The summed E-state index contributed by atoms with van der Waals surface area (Å²) >= 11 is 5.80. The minimum absolute atomic E-state index is 0.0944. The predicted octanol–water partition coefficient (Wildman–Crippen LogP) is 3.76. The number of nitrogens with one attached hydrogen (secondary N) is 1. The van der Waals surface area contributed by atoms with Gasteiger partial charge in [-0.15, -0.1) is 0 Å². The van der Waals surface area contributed by atoms with Crippen molar-refractivity contribution in [2.45, 2.75) is 6.43 Å². The van der Waals surface area contributed by atoms with E-state index in [9.17, 15) is 8.78 Å². The Morgan fingerprint density at radius 1 is 1.31 bits per heavy atom. The van der Waals surface area contributed by atoms with E-state index in [0.717, 1.165) is 0 Å². The number of benzene rings is 1. The van der Waals surface area contributed by atoms with Gasteiger partial charge < -0.3 is 4.98 Å². The van der Waals surface area contributed by atoms with Crippen LogP contribution in [0, 0.1) is 0 Å². The molecule has 0 saturated carbocycles. The first-order valence-corrected chi connectivity index (χ1v) is 4.11. The van der Waals surface area contributed by atoms with Crippen molar-refractivity contribution in [3.05, 3.63) is 35.0 Å². The van der Waals surface area contributed by atoms with Crippen LogP contribution in [0.5, 0.6) is 0 Å². The highest BCUT2D eigenvalue weighted by atomic mass is 35.5. The van der Waals surface area contributed by atoms with E-state index in [1.54, 1.807) is 18.2 Å². The second-order valence-corrected chi connectivity index (χ2v) is 3.14. The summed E-state index contributed by atoms with van der Waals surface area (Å²) in [5.74, 6) is 0. The monoisotopic (exact) mass is 201 g/mol. The molecular weight excluding hydrogens is 196 g/mol. The van der Waals surface area contributed by atoms with Gasteiger partial charge in [0.1, 0.15) is 0 Å². The van der Waals surface area contributed by atoms with Gasteiger partial charge >= 0.3 is 0 Å². The average molecular weight is 202 g/mol. The van der Waals surface area contributed by atoms with Gasteiger partial charge in [0.05, 0.1) is 16.2 Å². The van der Waals surface area contributed by atoms with E-state index in [0.29, 0.717) is 15.9 Å². The summed E-state index contributed by atoms with van der Waals surface area (Å²) < 4.78 is 24.5. The molecule has 1 heterocycles. The van der Waals surface area contributed by atoms with Crippen LogP contribution < -0.4 is 0 Å². The van der Waals surface area contributed by atoms with Gasteiger partial charge in [0.2, 0.25) is 0 Å². The molecule has 0 aliphatic rings. The van der Waals surface area contributed by atoms with Crippen LogP contribution in [0.25, 0.3) is 10.9 Å². The molecule has 0 radical (unpaired) electrons. The van der Waals surface area contributed by atoms with Crippen molar-refractivity contribution in [1.82, 2.24) is 4.98 Å². The van der Waals surface area contributed by atoms with Gasteiger partial charge in [-0.2, -0.15) is 0 Å². The van der Waals surface area contributed by atoms with Crippen LogP contribution in [0.2, 0.25) is 5.02 Å². The molecule has 0 amide bonds. The van der Waals surface area contributed by atoms with E-state index in [-0.39, 0.29) is 5.69 Å². The molecule has 0 unspecified atom stereocenters. The summed E-state index contributed by atoms with van der Waals surface area (Å²) in [6, 6.07) is 6.54. The van der Waals surface area contributed by atoms with Crippen LogP contribution in [0.3, 0.4) is 0 Å². The lowest BCUT2D eigenvalue weighted by atomic mass is 10.2. The summed E-state index contributed by atoms with van der Waals surface area (Å²) in [6.07, 6.45) is -2.48. The average Bonchev–Trinajstić information content (AvgIpc) is 2.49. The lowest BCUT2D eigenvalue weighted by Crippen LogP contribution is -1.81. The molecule has 2 aromatic rings. The zero-order chi connectivity index (χ0) is 9.42. The quantitative estimate of drug-likeness (QED) is 0.723. The molecule has 0 bridgehead atoms. The number of H-pyrrole nitrogens is 1. The Balaban J connectivity index is 2.68. The van der Waals surface area contributed by atoms with Crippen molar-refractivity contribution in [3.63, 3.8) is 0 Å². The molecule has 68 valence electrons. The van der Waals surface area contributed by atoms with Crippen molar-refractivity contribution < 1.29 is 8.78 Å². The minimum Gasteiger partial charge on any atom is -0.353 e. The van der Waals surface area contributed by atoms with Crippen LogP contribution in [0.1, 0.15) is 12.1 Å². The molecule has 1 aromatic heterocycles. The Bertz CT molecular complexity index is 436. The first-order valence-electron chi connectivity index (χ1n) is 3.74. The number of hydrogen-bond donors (Lipinski definition) is 1. The van der Waals surface area contributed by atoms with E-state index in [4.69, 9.17) is 11.6 Å². The van der Waals surface area contributed by atoms with Gasteiger partial charge in [-0.05, 0) is 12.1 Å². The van der Waals surface area contributed by atoms with Gasteiger partial charge in [-0.25, -0.2) is 8.78 Å². The molecule has 4 heteroatoms. The number of halogens is 3. The highest BCUT2D eigenvalue weighted by molar-refractivity contribution is 6.35. The fraction of sp³-hybridized carbons (Fsp3) is 0.111. The second kappa shape index (κ2) is 3.00. The van der Waals surface area contributed by atoms with Crippen molar-refractivity contribution in [2.24, 2.45) is 0 Å². The number of alkyl halides is 2. The first-order chi connectivity index (χ1) is 6.18. The molecular formula is C9H6ClF2N. The summed E-state index contributed by atoms with van der Waals surface area (Å²) in [5, 5.41) is 1.17. The lowest BCUT2D eigenvalue weighted by Gasteiger charge is -1.92. The van der Waals surface area contributed by atoms with Crippen LogP contribution in [-0.2, 0) is 0 Å². The molecule has 0 aliphatic heterocycles. The maximum Gasteiger partial charge on any atom is 0.278 e. The molecule has 0 saturated heterocycles. The molecule has 13 heavy (non-hydrogen) atoms. The minimum atomic E-state index is -2.48. The van der Waals surface area contributed by atoms with Gasteiger partial charge in [0.25, 0.3) is 6.43 Å². The number of para-hydroxylation sites is 1. The third-order valence-corrected chi connectivity index (χ3v) is 2.18. The Morgan fingerprint density at radius 3 is 2.69 bits per heavy atom. The van der Waals surface area contributed by atoms with Crippen molar-refractivity contribution in [3.8, 4) is 0 Å². The number of aromatic nitrogens is 1. The van der Waals surface area contributed by atoms with E-state index >= 15 is 0 Å². The zero-order valence-corrected chi connectivity index (χ0v) is 7.28. The summed E-state index contributed by atoms with van der Waals surface area (Å²) in [6.45, 7) is 0. The number of hydrogen-bond acceptors (Lipinski definition) is 0. The van der Waals surface area contributed by atoms with Crippen LogP contribution in [0.4, 0.5) is 8.78 Å². The number of aromatic amines is 1. The maximum atomic E-state index is 12.3. The largest absolute Gasteiger partial charge is 0.353 e.